The Bertz CT molecular complexity index is 513. The lowest BCUT2D eigenvalue weighted by atomic mass is 10.1. The molecule has 0 amide bonds. The molecule has 3 N–H and O–H groups in total. The average Bonchev–Trinajstić information content (AvgIpc) is 2.59. The summed E-state index contributed by atoms with van der Waals surface area (Å²) in [5, 5.41) is 12.8. The Kier molecular flexibility index (Phi) is 2.24. The van der Waals surface area contributed by atoms with Crippen LogP contribution in [0, 0.1) is 5.82 Å². The molecule has 4 nitrogen and oxygen atoms in total. The highest BCUT2D eigenvalue weighted by molar-refractivity contribution is 6.31. The summed E-state index contributed by atoms with van der Waals surface area (Å²) in [6, 6.07) is 3.82. The van der Waals surface area contributed by atoms with Gasteiger partial charge in [0.2, 0.25) is 5.88 Å². The van der Waals surface area contributed by atoms with Crippen LogP contribution in [0.5, 0.6) is 5.75 Å². The zero-order valence-electron chi connectivity index (χ0n) is 7.37. The number of aromatic hydroxyl groups is 1. The Morgan fingerprint density at radius 2 is 2.20 bits per heavy atom. The molecule has 15 heavy (non-hydrogen) atoms. The van der Waals surface area contributed by atoms with Crippen LogP contribution in [0.25, 0.3) is 11.3 Å². The quantitative estimate of drug-likeness (QED) is 0.786. The van der Waals surface area contributed by atoms with Gasteiger partial charge in [-0.1, -0.05) is 16.8 Å². The molecule has 0 bridgehead atoms. The zero-order valence-corrected chi connectivity index (χ0v) is 8.12. The molecule has 1 heterocycles. The van der Waals surface area contributed by atoms with Gasteiger partial charge in [0.25, 0.3) is 0 Å². The first-order valence-electron chi connectivity index (χ1n) is 3.99. The van der Waals surface area contributed by atoms with E-state index in [-0.39, 0.29) is 27.9 Å². The number of hydrogen-bond donors (Lipinski definition) is 2. The number of nitrogens with two attached hydrogens (primary N) is 1. The fourth-order valence-electron chi connectivity index (χ4n) is 1.19. The summed E-state index contributed by atoms with van der Waals surface area (Å²) in [6.45, 7) is 0. The molecule has 0 aliphatic heterocycles. The summed E-state index contributed by atoms with van der Waals surface area (Å²) < 4.78 is 18.1. The molecule has 0 fully saturated rings. The second kappa shape index (κ2) is 3.43. The number of aromatic nitrogens is 1. The van der Waals surface area contributed by atoms with Crippen molar-refractivity contribution in [1.29, 1.82) is 0 Å². The third-order valence-corrected chi connectivity index (χ3v) is 2.15. The summed E-state index contributed by atoms with van der Waals surface area (Å²) in [6.07, 6.45) is 0. The lowest BCUT2D eigenvalue weighted by Gasteiger charge is -2.03. The van der Waals surface area contributed by atoms with Gasteiger partial charge in [-0.3, -0.25) is 0 Å². The number of halogens is 2. The van der Waals surface area contributed by atoms with Gasteiger partial charge < -0.3 is 15.4 Å². The van der Waals surface area contributed by atoms with Gasteiger partial charge >= 0.3 is 0 Å². The van der Waals surface area contributed by atoms with Crippen LogP contribution in [0.4, 0.5) is 10.3 Å². The van der Waals surface area contributed by atoms with Gasteiger partial charge in [0, 0.05) is 6.07 Å². The first-order valence-corrected chi connectivity index (χ1v) is 4.37. The first kappa shape index (κ1) is 9.79. The van der Waals surface area contributed by atoms with Crippen LogP contribution in [-0.4, -0.2) is 10.3 Å². The van der Waals surface area contributed by atoms with Gasteiger partial charge in [-0.2, -0.15) is 0 Å². The smallest absolute Gasteiger partial charge is 0.222 e. The Balaban J connectivity index is 2.66. The second-order valence-electron chi connectivity index (χ2n) is 2.87. The van der Waals surface area contributed by atoms with Crippen molar-refractivity contribution >= 4 is 17.5 Å². The fraction of sp³-hybridized carbons (Fsp3) is 0. The van der Waals surface area contributed by atoms with Gasteiger partial charge in [0.1, 0.15) is 11.4 Å². The van der Waals surface area contributed by atoms with Crippen LogP contribution in [-0.2, 0) is 0 Å². The molecule has 1 aromatic heterocycles. The first-order chi connectivity index (χ1) is 7.09. The molecule has 2 aromatic rings. The largest absolute Gasteiger partial charge is 0.507 e. The summed E-state index contributed by atoms with van der Waals surface area (Å²) in [4.78, 5) is 0. The number of phenols is 1. The normalized spacial score (nSPS) is 10.5. The number of hydrogen-bond acceptors (Lipinski definition) is 4. The number of benzene rings is 1. The van der Waals surface area contributed by atoms with Crippen molar-refractivity contribution in [3.8, 4) is 17.0 Å². The van der Waals surface area contributed by atoms with E-state index in [0.29, 0.717) is 0 Å². The lowest BCUT2D eigenvalue weighted by Crippen LogP contribution is -1.86. The van der Waals surface area contributed by atoms with E-state index in [1.165, 1.54) is 18.2 Å². The van der Waals surface area contributed by atoms with E-state index in [2.05, 4.69) is 9.68 Å². The van der Waals surface area contributed by atoms with Crippen LogP contribution >= 0.6 is 11.6 Å². The zero-order chi connectivity index (χ0) is 11.0. The third-order valence-electron chi connectivity index (χ3n) is 1.86. The van der Waals surface area contributed by atoms with E-state index >= 15 is 0 Å². The molecule has 6 heteroatoms. The van der Waals surface area contributed by atoms with Gasteiger partial charge in [-0.05, 0) is 12.1 Å². The van der Waals surface area contributed by atoms with Crippen molar-refractivity contribution in [2.24, 2.45) is 0 Å². The maximum atomic E-state index is 13.5. The Labute approximate surface area is 89.1 Å². The maximum Gasteiger partial charge on any atom is 0.222 e. The summed E-state index contributed by atoms with van der Waals surface area (Å²) >= 11 is 5.57. The highest BCUT2D eigenvalue weighted by Gasteiger charge is 2.17. The van der Waals surface area contributed by atoms with Crippen LogP contribution in [0.1, 0.15) is 0 Å². The molecule has 0 saturated heterocycles. The van der Waals surface area contributed by atoms with Crippen molar-refractivity contribution in [1.82, 2.24) is 5.16 Å². The molecular formula is C9H6ClFN2O2. The monoisotopic (exact) mass is 228 g/mol. The molecule has 0 unspecified atom stereocenters. The molecule has 2 rings (SSSR count). The van der Waals surface area contributed by atoms with Crippen LogP contribution < -0.4 is 5.73 Å². The van der Waals surface area contributed by atoms with Crippen LogP contribution in [0.15, 0.2) is 22.7 Å². The molecular weight excluding hydrogens is 223 g/mol. The molecule has 1 aromatic carbocycles. The van der Waals surface area contributed by atoms with Crippen LogP contribution in [0.2, 0.25) is 5.02 Å². The minimum Gasteiger partial charge on any atom is -0.507 e. The minimum atomic E-state index is -0.759. The van der Waals surface area contributed by atoms with Gasteiger partial charge in [-0.25, -0.2) is 4.39 Å². The number of nitrogens with zero attached hydrogens (tertiary/aromatic N) is 1. The Morgan fingerprint density at radius 1 is 1.47 bits per heavy atom. The minimum absolute atomic E-state index is 0.0313. The Morgan fingerprint density at radius 3 is 2.80 bits per heavy atom. The number of nitrogen functional groups attached to an aromatic ring is 1. The van der Waals surface area contributed by atoms with E-state index < -0.39 is 5.82 Å². The van der Waals surface area contributed by atoms with Crippen molar-refractivity contribution in [3.63, 3.8) is 0 Å². The summed E-state index contributed by atoms with van der Waals surface area (Å²) in [7, 11) is 0. The van der Waals surface area contributed by atoms with E-state index in [0.717, 1.165) is 0 Å². The van der Waals surface area contributed by atoms with Crippen LogP contribution in [0.3, 0.4) is 0 Å². The SMILES string of the molecule is Nc1cc(-c2c(O)ccc(Cl)c2F)no1. The fourth-order valence-corrected chi connectivity index (χ4v) is 1.35. The molecule has 0 aliphatic carbocycles. The standard InChI is InChI=1S/C9H6ClFN2O2/c10-4-1-2-6(14)8(9(4)11)5-3-7(12)15-13-5/h1-3,14H,12H2. The van der Waals surface area contributed by atoms with Gasteiger partial charge in [0.15, 0.2) is 5.82 Å². The van der Waals surface area contributed by atoms with Crippen molar-refractivity contribution in [3.05, 3.63) is 29.0 Å². The summed E-state index contributed by atoms with van der Waals surface area (Å²) in [5.74, 6) is -1.00. The van der Waals surface area contributed by atoms with Crippen molar-refractivity contribution in [2.75, 3.05) is 5.73 Å². The topological polar surface area (TPSA) is 72.3 Å². The Hall–Kier alpha value is -1.75. The van der Waals surface area contributed by atoms with E-state index in [1.807, 2.05) is 0 Å². The number of rotatable bonds is 1. The number of phenolic OH excluding ortho intramolecular Hbond substituents is 1. The van der Waals surface area contributed by atoms with Gasteiger partial charge in [-0.15, -0.1) is 0 Å². The number of anilines is 1. The van der Waals surface area contributed by atoms with Crippen molar-refractivity contribution in [2.45, 2.75) is 0 Å². The van der Waals surface area contributed by atoms with E-state index in [4.69, 9.17) is 17.3 Å². The van der Waals surface area contributed by atoms with Crippen molar-refractivity contribution < 1.29 is 14.0 Å². The predicted octanol–water partition coefficient (Wildman–Crippen LogP) is 2.42. The van der Waals surface area contributed by atoms with E-state index in [1.54, 1.807) is 0 Å². The molecule has 0 saturated carbocycles. The molecule has 0 atom stereocenters. The van der Waals surface area contributed by atoms with Gasteiger partial charge in [0.05, 0.1) is 10.6 Å². The maximum absolute atomic E-state index is 13.5. The molecule has 0 aliphatic rings. The average molecular weight is 229 g/mol. The van der Waals surface area contributed by atoms with E-state index in [9.17, 15) is 9.50 Å². The molecule has 0 spiro atoms. The predicted molar refractivity (Wildman–Crippen MR) is 53.0 cm³/mol. The second-order valence-corrected chi connectivity index (χ2v) is 3.28. The highest BCUT2D eigenvalue weighted by atomic mass is 35.5. The summed E-state index contributed by atoms with van der Waals surface area (Å²) in [5.41, 5.74) is 5.27. The third kappa shape index (κ3) is 1.61. The molecule has 78 valence electrons. The lowest BCUT2D eigenvalue weighted by molar-refractivity contribution is 0.436. The highest BCUT2D eigenvalue weighted by Crippen LogP contribution is 2.35. The molecule has 0 radical (unpaired) electrons.